The highest BCUT2D eigenvalue weighted by Gasteiger charge is 2.13. The van der Waals surface area contributed by atoms with Crippen molar-refractivity contribution in [2.45, 2.75) is 0 Å². The van der Waals surface area contributed by atoms with Gasteiger partial charge < -0.3 is 10.5 Å². The van der Waals surface area contributed by atoms with E-state index in [1.807, 2.05) is 47.0 Å². The maximum atomic E-state index is 6.03. The zero-order chi connectivity index (χ0) is 13.4. The second-order valence-corrected chi connectivity index (χ2v) is 5.03. The number of nitrogens with zero attached hydrogens (tertiary/aromatic N) is 2. The van der Waals surface area contributed by atoms with Crippen LogP contribution in [-0.4, -0.2) is 16.7 Å². The van der Waals surface area contributed by atoms with Gasteiger partial charge >= 0.3 is 0 Å². The van der Waals surface area contributed by atoms with E-state index in [1.54, 1.807) is 7.11 Å². The van der Waals surface area contributed by atoms with Crippen LogP contribution in [0.25, 0.3) is 16.7 Å². The third-order valence-electron chi connectivity index (χ3n) is 2.98. The van der Waals surface area contributed by atoms with Gasteiger partial charge in [-0.1, -0.05) is 22.0 Å². The van der Waals surface area contributed by atoms with E-state index in [-0.39, 0.29) is 0 Å². The molecule has 0 aliphatic carbocycles. The fraction of sp³-hybridized carbons (Fsp3) is 0.0714. The quantitative estimate of drug-likeness (QED) is 0.788. The Labute approximate surface area is 118 Å². The topological polar surface area (TPSA) is 53.1 Å². The first-order valence-electron chi connectivity index (χ1n) is 5.77. The second kappa shape index (κ2) is 4.59. The predicted octanol–water partition coefficient (Wildman–Crippen LogP) is 3.38. The van der Waals surface area contributed by atoms with Crippen LogP contribution in [0.1, 0.15) is 0 Å². The molecule has 3 aromatic rings. The van der Waals surface area contributed by atoms with Gasteiger partial charge in [0, 0.05) is 10.2 Å². The maximum absolute atomic E-state index is 6.03. The number of halogens is 1. The Morgan fingerprint density at radius 2 is 1.89 bits per heavy atom. The van der Waals surface area contributed by atoms with Crippen LogP contribution >= 0.6 is 15.9 Å². The van der Waals surface area contributed by atoms with Crippen molar-refractivity contribution >= 4 is 32.9 Å². The minimum atomic E-state index is 0.446. The van der Waals surface area contributed by atoms with Crippen molar-refractivity contribution in [1.29, 1.82) is 0 Å². The summed E-state index contributed by atoms with van der Waals surface area (Å²) in [5.74, 6) is 1.17. The Kier molecular flexibility index (Phi) is 2.91. The van der Waals surface area contributed by atoms with Gasteiger partial charge in [-0.2, -0.15) is 0 Å². The van der Waals surface area contributed by atoms with Gasteiger partial charge in [-0.25, -0.2) is 4.98 Å². The van der Waals surface area contributed by atoms with Crippen LogP contribution in [0.5, 0.6) is 5.75 Å². The van der Waals surface area contributed by atoms with Gasteiger partial charge in [-0.05, 0) is 36.4 Å². The molecule has 4 nitrogen and oxygen atoms in total. The number of fused-ring (bicyclic) bond motifs is 1. The summed E-state index contributed by atoms with van der Waals surface area (Å²) >= 11 is 3.42. The monoisotopic (exact) mass is 317 g/mol. The number of nitrogen functional groups attached to an aromatic ring is 1. The predicted molar refractivity (Wildman–Crippen MR) is 79.7 cm³/mol. The molecule has 0 bridgehead atoms. The van der Waals surface area contributed by atoms with Crippen molar-refractivity contribution < 1.29 is 4.74 Å². The Morgan fingerprint density at radius 3 is 2.58 bits per heavy atom. The summed E-state index contributed by atoms with van der Waals surface area (Å²) in [7, 11) is 1.63. The summed E-state index contributed by atoms with van der Waals surface area (Å²) in [6.45, 7) is 0. The largest absolute Gasteiger partial charge is 0.494 e. The normalized spacial score (nSPS) is 10.8. The minimum Gasteiger partial charge on any atom is -0.494 e. The van der Waals surface area contributed by atoms with Crippen molar-refractivity contribution in [2.75, 3.05) is 12.8 Å². The Balaban J connectivity index is 2.29. The van der Waals surface area contributed by atoms with Crippen LogP contribution in [-0.2, 0) is 0 Å². The van der Waals surface area contributed by atoms with E-state index in [0.717, 1.165) is 26.9 Å². The van der Waals surface area contributed by atoms with Crippen molar-refractivity contribution in [3.05, 3.63) is 46.9 Å². The molecule has 1 heterocycles. The smallest absolute Gasteiger partial charge is 0.206 e. The maximum Gasteiger partial charge on any atom is 0.206 e. The zero-order valence-electron chi connectivity index (χ0n) is 10.3. The van der Waals surface area contributed by atoms with Gasteiger partial charge in [0.15, 0.2) is 0 Å². The first-order valence-corrected chi connectivity index (χ1v) is 6.57. The number of hydrogen-bond acceptors (Lipinski definition) is 3. The van der Waals surface area contributed by atoms with Gasteiger partial charge in [0.2, 0.25) is 5.95 Å². The average molecular weight is 318 g/mol. The highest BCUT2D eigenvalue weighted by atomic mass is 79.9. The molecular formula is C14H12BrN3O. The number of aromatic nitrogens is 2. The number of para-hydroxylation sites is 1. The van der Waals surface area contributed by atoms with Gasteiger partial charge in [-0.3, -0.25) is 4.57 Å². The summed E-state index contributed by atoms with van der Waals surface area (Å²) in [5.41, 5.74) is 8.70. The summed E-state index contributed by atoms with van der Waals surface area (Å²) in [4.78, 5) is 4.39. The number of ether oxygens (including phenoxy) is 1. The molecule has 3 rings (SSSR count). The Hall–Kier alpha value is -2.01. The SMILES string of the molecule is COc1cccc2c1nc(N)n2-c1ccc(Br)cc1. The fourth-order valence-electron chi connectivity index (χ4n) is 2.12. The number of benzene rings is 2. The van der Waals surface area contributed by atoms with Crippen LogP contribution in [0.4, 0.5) is 5.95 Å². The van der Waals surface area contributed by atoms with Crippen LogP contribution < -0.4 is 10.5 Å². The van der Waals surface area contributed by atoms with Crippen LogP contribution in [0.3, 0.4) is 0 Å². The number of nitrogens with two attached hydrogens (primary N) is 1. The number of anilines is 1. The highest BCUT2D eigenvalue weighted by Crippen LogP contribution is 2.29. The third kappa shape index (κ3) is 1.96. The zero-order valence-corrected chi connectivity index (χ0v) is 11.9. The molecule has 0 saturated carbocycles. The fourth-order valence-corrected chi connectivity index (χ4v) is 2.38. The summed E-state index contributed by atoms with van der Waals surface area (Å²) in [6, 6.07) is 13.7. The molecule has 0 aliphatic heterocycles. The molecule has 2 N–H and O–H groups in total. The lowest BCUT2D eigenvalue weighted by atomic mass is 10.2. The lowest BCUT2D eigenvalue weighted by Gasteiger charge is -2.07. The van der Waals surface area contributed by atoms with Crippen LogP contribution in [0.15, 0.2) is 46.9 Å². The number of methoxy groups -OCH3 is 1. The van der Waals surface area contributed by atoms with Gasteiger partial charge in [0.1, 0.15) is 11.3 Å². The molecule has 1 aromatic heterocycles. The van der Waals surface area contributed by atoms with Crippen molar-refractivity contribution in [3.63, 3.8) is 0 Å². The van der Waals surface area contributed by atoms with Gasteiger partial charge in [-0.15, -0.1) is 0 Å². The van der Waals surface area contributed by atoms with E-state index in [9.17, 15) is 0 Å². The first-order chi connectivity index (χ1) is 9.20. The average Bonchev–Trinajstić information content (AvgIpc) is 2.76. The van der Waals surface area contributed by atoms with Crippen molar-refractivity contribution in [1.82, 2.24) is 9.55 Å². The van der Waals surface area contributed by atoms with E-state index in [2.05, 4.69) is 20.9 Å². The van der Waals surface area contributed by atoms with E-state index in [4.69, 9.17) is 10.5 Å². The van der Waals surface area contributed by atoms with E-state index in [0.29, 0.717) is 5.95 Å². The minimum absolute atomic E-state index is 0.446. The van der Waals surface area contributed by atoms with E-state index in [1.165, 1.54) is 0 Å². The summed E-state index contributed by atoms with van der Waals surface area (Å²) in [5, 5.41) is 0. The lowest BCUT2D eigenvalue weighted by Crippen LogP contribution is -2.00. The standard InChI is InChI=1S/C14H12BrN3O/c1-19-12-4-2-3-11-13(12)17-14(16)18(11)10-7-5-9(15)6-8-10/h2-8H,1H3,(H2,16,17). The number of imidazole rings is 1. The van der Waals surface area contributed by atoms with E-state index < -0.39 is 0 Å². The molecule has 0 aliphatic rings. The molecular weight excluding hydrogens is 306 g/mol. The van der Waals surface area contributed by atoms with Crippen molar-refractivity contribution in [2.24, 2.45) is 0 Å². The van der Waals surface area contributed by atoms with Gasteiger partial charge in [0.05, 0.1) is 12.6 Å². The lowest BCUT2D eigenvalue weighted by molar-refractivity contribution is 0.419. The highest BCUT2D eigenvalue weighted by molar-refractivity contribution is 9.10. The Bertz CT molecular complexity index is 734. The summed E-state index contributed by atoms with van der Waals surface area (Å²) < 4.78 is 8.24. The molecule has 0 radical (unpaired) electrons. The van der Waals surface area contributed by atoms with E-state index >= 15 is 0 Å². The van der Waals surface area contributed by atoms with Crippen LogP contribution in [0.2, 0.25) is 0 Å². The molecule has 5 heteroatoms. The molecule has 0 amide bonds. The van der Waals surface area contributed by atoms with Crippen LogP contribution in [0, 0.1) is 0 Å². The van der Waals surface area contributed by atoms with Gasteiger partial charge in [0.25, 0.3) is 0 Å². The molecule has 0 fully saturated rings. The number of hydrogen-bond donors (Lipinski definition) is 1. The van der Waals surface area contributed by atoms with Crippen molar-refractivity contribution in [3.8, 4) is 11.4 Å². The third-order valence-corrected chi connectivity index (χ3v) is 3.51. The molecule has 0 spiro atoms. The molecule has 19 heavy (non-hydrogen) atoms. The Morgan fingerprint density at radius 1 is 1.16 bits per heavy atom. The second-order valence-electron chi connectivity index (χ2n) is 4.11. The summed E-state index contributed by atoms with van der Waals surface area (Å²) in [6.07, 6.45) is 0. The molecule has 0 atom stereocenters. The molecule has 0 saturated heterocycles. The molecule has 96 valence electrons. The molecule has 2 aromatic carbocycles. The first kappa shape index (κ1) is 12.0. The molecule has 0 unspecified atom stereocenters. The number of rotatable bonds is 2.